The largest absolute Gasteiger partial charge is 0.481 e. The normalized spacial score (nSPS) is 35.9. The predicted molar refractivity (Wildman–Crippen MR) is 97.3 cm³/mol. The van der Waals surface area contributed by atoms with Gasteiger partial charge in [0.25, 0.3) is 0 Å². The topological polar surface area (TPSA) is 89.9 Å². The molecule has 3 fully saturated rings. The zero-order chi connectivity index (χ0) is 19.9. The lowest BCUT2D eigenvalue weighted by Crippen LogP contribution is -2.36. The van der Waals surface area contributed by atoms with Crippen molar-refractivity contribution in [3.63, 3.8) is 0 Å². The fourth-order valence-corrected chi connectivity index (χ4v) is 4.66. The lowest BCUT2D eigenvalue weighted by Gasteiger charge is -2.39. The number of carboxylic acid groups (broad SMARTS) is 1. The Hall–Kier alpha value is -1.43. The summed E-state index contributed by atoms with van der Waals surface area (Å²) >= 11 is 0. The Balaban J connectivity index is 0.000000615. The third-order valence-corrected chi connectivity index (χ3v) is 5.89. The SMILES string of the molecule is CC.CC1CC(C2CCC3C(=O)OC(=O)C3C2)CCC1C(=O)O.COC. The molecule has 26 heavy (non-hydrogen) atoms. The molecule has 1 heterocycles. The number of cyclic esters (lactones) is 2. The van der Waals surface area contributed by atoms with Gasteiger partial charge in [-0.1, -0.05) is 20.8 Å². The summed E-state index contributed by atoms with van der Waals surface area (Å²) < 4.78 is 9.01. The van der Waals surface area contributed by atoms with Gasteiger partial charge in [-0.15, -0.1) is 0 Å². The first-order valence-electron chi connectivity index (χ1n) is 9.77. The summed E-state index contributed by atoms with van der Waals surface area (Å²) in [5.74, 6) is -0.957. The smallest absolute Gasteiger partial charge is 0.317 e. The molecule has 6 nitrogen and oxygen atoms in total. The van der Waals surface area contributed by atoms with Gasteiger partial charge in [-0.05, 0) is 56.3 Å². The lowest BCUT2D eigenvalue weighted by molar-refractivity contribution is -0.153. The van der Waals surface area contributed by atoms with E-state index in [0.717, 1.165) is 38.5 Å². The summed E-state index contributed by atoms with van der Waals surface area (Å²) in [4.78, 5) is 34.5. The van der Waals surface area contributed by atoms with Crippen molar-refractivity contribution in [2.45, 2.75) is 59.3 Å². The molecule has 6 atom stereocenters. The summed E-state index contributed by atoms with van der Waals surface area (Å²) in [6.07, 6.45) is 5.01. The van der Waals surface area contributed by atoms with Gasteiger partial charge in [0.1, 0.15) is 0 Å². The van der Waals surface area contributed by atoms with E-state index in [0.29, 0.717) is 11.8 Å². The summed E-state index contributed by atoms with van der Waals surface area (Å²) in [5.41, 5.74) is 0. The first-order chi connectivity index (χ1) is 12.4. The number of methoxy groups -OCH3 is 1. The maximum absolute atomic E-state index is 11.7. The van der Waals surface area contributed by atoms with E-state index in [1.54, 1.807) is 14.2 Å². The van der Waals surface area contributed by atoms with Gasteiger partial charge < -0.3 is 14.6 Å². The molecule has 0 amide bonds. The Labute approximate surface area is 156 Å². The molecule has 1 N–H and O–H groups in total. The van der Waals surface area contributed by atoms with Crippen LogP contribution in [0.25, 0.3) is 0 Å². The van der Waals surface area contributed by atoms with Crippen LogP contribution in [0.15, 0.2) is 0 Å². The van der Waals surface area contributed by atoms with Gasteiger partial charge in [-0.3, -0.25) is 14.4 Å². The second kappa shape index (κ2) is 10.7. The molecule has 150 valence electrons. The minimum Gasteiger partial charge on any atom is -0.481 e. The van der Waals surface area contributed by atoms with E-state index < -0.39 is 5.97 Å². The summed E-state index contributed by atoms with van der Waals surface area (Å²) in [6, 6.07) is 0. The van der Waals surface area contributed by atoms with Gasteiger partial charge in [0, 0.05) is 14.2 Å². The van der Waals surface area contributed by atoms with E-state index in [9.17, 15) is 19.5 Å². The molecule has 0 bridgehead atoms. The minimum absolute atomic E-state index is 0.191. The maximum atomic E-state index is 11.7. The number of hydrogen-bond acceptors (Lipinski definition) is 5. The van der Waals surface area contributed by atoms with Gasteiger partial charge in [0.05, 0.1) is 17.8 Å². The number of carbonyl (C=O) groups is 3. The van der Waals surface area contributed by atoms with Gasteiger partial charge in [0.15, 0.2) is 0 Å². The molecule has 0 aromatic heterocycles. The molecule has 1 aliphatic heterocycles. The van der Waals surface area contributed by atoms with Crippen molar-refractivity contribution in [3.8, 4) is 0 Å². The van der Waals surface area contributed by atoms with Crippen molar-refractivity contribution < 1.29 is 29.0 Å². The van der Waals surface area contributed by atoms with Gasteiger partial charge in [0.2, 0.25) is 0 Å². The van der Waals surface area contributed by atoms with E-state index in [1.165, 1.54) is 0 Å². The zero-order valence-corrected chi connectivity index (χ0v) is 16.7. The lowest BCUT2D eigenvalue weighted by atomic mass is 9.64. The highest BCUT2D eigenvalue weighted by molar-refractivity contribution is 5.96. The molecule has 1 saturated heterocycles. The first kappa shape index (κ1) is 22.6. The monoisotopic (exact) mass is 370 g/mol. The molecular formula is C20H34O6. The summed E-state index contributed by atoms with van der Waals surface area (Å²) in [5, 5.41) is 9.19. The van der Waals surface area contributed by atoms with E-state index in [4.69, 9.17) is 4.74 Å². The molecular weight excluding hydrogens is 336 g/mol. The summed E-state index contributed by atoms with van der Waals surface area (Å²) in [6.45, 7) is 6.02. The fourth-order valence-electron chi connectivity index (χ4n) is 4.66. The van der Waals surface area contributed by atoms with Crippen molar-refractivity contribution in [1.29, 1.82) is 0 Å². The third kappa shape index (κ3) is 5.29. The summed E-state index contributed by atoms with van der Waals surface area (Å²) in [7, 11) is 3.25. The van der Waals surface area contributed by atoms with Crippen LogP contribution in [0.3, 0.4) is 0 Å². The average molecular weight is 370 g/mol. The van der Waals surface area contributed by atoms with E-state index in [1.807, 2.05) is 20.8 Å². The Morgan fingerprint density at radius 3 is 2.00 bits per heavy atom. The van der Waals surface area contributed by atoms with Crippen molar-refractivity contribution in [2.75, 3.05) is 14.2 Å². The number of fused-ring (bicyclic) bond motifs is 1. The number of rotatable bonds is 2. The molecule has 2 aliphatic carbocycles. The van der Waals surface area contributed by atoms with Crippen LogP contribution in [0.5, 0.6) is 0 Å². The number of carboxylic acids is 1. The van der Waals surface area contributed by atoms with Crippen LogP contribution in [0.2, 0.25) is 0 Å². The van der Waals surface area contributed by atoms with Gasteiger partial charge >= 0.3 is 17.9 Å². The van der Waals surface area contributed by atoms with Crippen molar-refractivity contribution >= 4 is 17.9 Å². The second-order valence-electron chi connectivity index (χ2n) is 7.43. The van der Waals surface area contributed by atoms with Crippen molar-refractivity contribution in [1.82, 2.24) is 0 Å². The standard InChI is InChI=1S/C16H22O5.C2H6O.C2H6/c1-8-6-9(2-4-11(8)14(17)18)10-3-5-12-13(7-10)16(20)21-15(12)19;1-3-2;1-2/h8-13H,2-7H2,1H3,(H,17,18);1-2H3;1-2H3. The zero-order valence-electron chi connectivity index (χ0n) is 16.7. The van der Waals surface area contributed by atoms with Crippen LogP contribution < -0.4 is 0 Å². The van der Waals surface area contributed by atoms with Crippen LogP contribution in [0, 0.1) is 35.5 Å². The van der Waals surface area contributed by atoms with Crippen LogP contribution in [0.4, 0.5) is 0 Å². The quantitative estimate of drug-likeness (QED) is 0.591. The third-order valence-electron chi connectivity index (χ3n) is 5.89. The van der Waals surface area contributed by atoms with Crippen molar-refractivity contribution in [2.24, 2.45) is 35.5 Å². The Kier molecular flexibility index (Phi) is 9.27. The molecule has 6 heteroatoms. The van der Waals surface area contributed by atoms with Crippen LogP contribution >= 0.6 is 0 Å². The molecule has 6 unspecified atom stereocenters. The van der Waals surface area contributed by atoms with E-state index >= 15 is 0 Å². The van der Waals surface area contributed by atoms with Crippen LogP contribution in [-0.2, 0) is 23.9 Å². The van der Waals surface area contributed by atoms with Gasteiger partial charge in [-0.25, -0.2) is 0 Å². The van der Waals surface area contributed by atoms with Crippen molar-refractivity contribution in [3.05, 3.63) is 0 Å². The molecule has 0 aromatic rings. The van der Waals surface area contributed by atoms with Gasteiger partial charge in [-0.2, -0.15) is 0 Å². The molecule has 3 rings (SSSR count). The number of hydrogen-bond donors (Lipinski definition) is 1. The molecule has 2 saturated carbocycles. The van der Waals surface area contributed by atoms with E-state index in [2.05, 4.69) is 4.74 Å². The number of aliphatic carboxylic acids is 1. The highest BCUT2D eigenvalue weighted by Gasteiger charge is 2.49. The minimum atomic E-state index is -0.686. The predicted octanol–water partition coefficient (Wildman–Crippen LogP) is 3.53. The average Bonchev–Trinajstić information content (AvgIpc) is 2.91. The molecule has 0 radical (unpaired) electrons. The first-order valence-corrected chi connectivity index (χ1v) is 9.77. The molecule has 3 aliphatic rings. The Morgan fingerprint density at radius 2 is 1.46 bits per heavy atom. The number of ether oxygens (including phenoxy) is 2. The Bertz CT molecular complexity index is 489. The number of esters is 2. The van der Waals surface area contributed by atoms with Crippen LogP contribution in [0.1, 0.15) is 59.3 Å². The molecule has 0 aromatic carbocycles. The highest BCUT2D eigenvalue weighted by Crippen LogP contribution is 2.47. The van der Waals surface area contributed by atoms with Crippen LogP contribution in [-0.4, -0.2) is 37.2 Å². The van der Waals surface area contributed by atoms with E-state index in [-0.39, 0.29) is 35.6 Å². The maximum Gasteiger partial charge on any atom is 0.317 e. The number of carbonyl (C=O) groups excluding carboxylic acids is 2. The Morgan fingerprint density at radius 1 is 0.962 bits per heavy atom. The highest BCUT2D eigenvalue weighted by atomic mass is 16.6. The molecule has 0 spiro atoms. The fraction of sp³-hybridized carbons (Fsp3) is 0.850. The second-order valence-corrected chi connectivity index (χ2v) is 7.43.